The molecule has 2 N–H and O–H groups in total. The number of hydrogen-bond donors (Lipinski definition) is 1. The minimum absolute atomic E-state index is 0.172. The zero-order chi connectivity index (χ0) is 14.4. The fourth-order valence-corrected chi connectivity index (χ4v) is 3.25. The maximum Gasteiger partial charge on any atom is 0.326 e. The van der Waals surface area contributed by atoms with Crippen molar-refractivity contribution in [3.8, 4) is 0 Å². The Labute approximate surface area is 121 Å². The van der Waals surface area contributed by atoms with Gasteiger partial charge in [-0.25, -0.2) is 0 Å². The molecule has 0 bridgehead atoms. The van der Waals surface area contributed by atoms with Crippen molar-refractivity contribution in [2.24, 2.45) is 11.7 Å². The predicted octanol–water partition coefficient (Wildman–Crippen LogP) is 1.63. The summed E-state index contributed by atoms with van der Waals surface area (Å²) in [5.74, 6) is -0.0762. The summed E-state index contributed by atoms with van der Waals surface area (Å²) in [5.41, 5.74) is 5.48. The number of rotatable bonds is 7. The molecule has 3 atom stereocenters. The van der Waals surface area contributed by atoms with E-state index in [2.05, 4.69) is 0 Å². The Bertz CT molecular complexity index is 317. The topological polar surface area (TPSA) is 70.8 Å². The molecule has 5 nitrogen and oxygen atoms in total. The number of nitrogens with two attached hydrogens (primary N) is 1. The maximum atomic E-state index is 12.0. The van der Waals surface area contributed by atoms with Gasteiger partial charge in [-0.1, -0.05) is 6.42 Å². The third kappa shape index (κ3) is 3.71. The maximum absolute atomic E-state index is 12.0. The lowest BCUT2D eigenvalue weighted by atomic mass is 9.86. The Hall–Kier alpha value is -0.650. The molecule has 1 aliphatic carbocycles. The SMILES string of the molecule is CCOC(=O)C1(N)CCCC1CCOCC1CCCO1. The van der Waals surface area contributed by atoms with Crippen LogP contribution in [0.2, 0.25) is 0 Å². The molecule has 0 aromatic rings. The first-order valence-electron chi connectivity index (χ1n) is 7.82. The molecular formula is C15H27NO4. The normalized spacial score (nSPS) is 33.5. The fourth-order valence-electron chi connectivity index (χ4n) is 3.25. The van der Waals surface area contributed by atoms with E-state index >= 15 is 0 Å². The lowest BCUT2D eigenvalue weighted by Crippen LogP contribution is -2.52. The highest BCUT2D eigenvalue weighted by atomic mass is 16.5. The Kier molecular flexibility index (Phi) is 5.81. The van der Waals surface area contributed by atoms with Crippen LogP contribution >= 0.6 is 0 Å². The van der Waals surface area contributed by atoms with E-state index in [0.29, 0.717) is 19.8 Å². The molecule has 0 amide bonds. The second-order valence-corrected chi connectivity index (χ2v) is 5.85. The molecule has 1 heterocycles. The Balaban J connectivity index is 1.71. The second-order valence-electron chi connectivity index (χ2n) is 5.85. The molecule has 2 rings (SSSR count). The van der Waals surface area contributed by atoms with E-state index in [1.54, 1.807) is 0 Å². The quantitative estimate of drug-likeness (QED) is 0.568. The molecule has 0 aromatic heterocycles. The van der Waals surface area contributed by atoms with Gasteiger partial charge in [0.25, 0.3) is 0 Å². The molecule has 1 aliphatic heterocycles. The highest BCUT2D eigenvalue weighted by Gasteiger charge is 2.46. The highest BCUT2D eigenvalue weighted by Crippen LogP contribution is 2.37. The third-order valence-corrected chi connectivity index (χ3v) is 4.47. The minimum atomic E-state index is -0.802. The minimum Gasteiger partial charge on any atom is -0.465 e. The Morgan fingerprint density at radius 3 is 2.95 bits per heavy atom. The molecule has 0 aromatic carbocycles. The molecule has 116 valence electrons. The van der Waals surface area contributed by atoms with Crippen molar-refractivity contribution < 1.29 is 19.0 Å². The van der Waals surface area contributed by atoms with Crippen LogP contribution in [0.1, 0.15) is 45.4 Å². The summed E-state index contributed by atoms with van der Waals surface area (Å²) in [6, 6.07) is 0. The number of ether oxygens (including phenoxy) is 3. The van der Waals surface area contributed by atoms with Crippen LogP contribution in [0, 0.1) is 5.92 Å². The number of esters is 1. The Morgan fingerprint density at radius 2 is 2.25 bits per heavy atom. The highest BCUT2D eigenvalue weighted by molar-refractivity contribution is 5.81. The standard InChI is InChI=1S/C15H27NO4/c1-2-19-14(17)15(16)8-3-5-12(15)7-10-18-11-13-6-4-9-20-13/h12-13H,2-11,16H2,1H3. The van der Waals surface area contributed by atoms with Crippen molar-refractivity contribution >= 4 is 5.97 Å². The smallest absolute Gasteiger partial charge is 0.326 e. The van der Waals surface area contributed by atoms with Gasteiger partial charge < -0.3 is 19.9 Å². The van der Waals surface area contributed by atoms with E-state index in [-0.39, 0.29) is 18.0 Å². The monoisotopic (exact) mass is 285 g/mol. The molecule has 2 fully saturated rings. The molecule has 0 spiro atoms. The summed E-state index contributed by atoms with van der Waals surface area (Å²) >= 11 is 0. The molecule has 2 aliphatic rings. The lowest BCUT2D eigenvalue weighted by Gasteiger charge is -2.29. The van der Waals surface area contributed by atoms with Gasteiger partial charge in [0.1, 0.15) is 5.54 Å². The van der Waals surface area contributed by atoms with Crippen molar-refractivity contribution in [3.63, 3.8) is 0 Å². The van der Waals surface area contributed by atoms with Crippen LogP contribution in [0.4, 0.5) is 0 Å². The number of hydrogen-bond acceptors (Lipinski definition) is 5. The van der Waals surface area contributed by atoms with E-state index in [9.17, 15) is 4.79 Å². The average molecular weight is 285 g/mol. The summed E-state index contributed by atoms with van der Waals surface area (Å²) in [6.45, 7) is 4.36. The molecule has 3 unspecified atom stereocenters. The average Bonchev–Trinajstić information content (AvgIpc) is 3.06. The summed E-state index contributed by atoms with van der Waals surface area (Å²) in [4.78, 5) is 12.0. The van der Waals surface area contributed by atoms with Crippen LogP contribution in [-0.4, -0.2) is 44.0 Å². The number of carbonyl (C=O) groups is 1. The van der Waals surface area contributed by atoms with Crippen molar-refractivity contribution in [1.82, 2.24) is 0 Å². The van der Waals surface area contributed by atoms with E-state index < -0.39 is 5.54 Å². The first kappa shape index (κ1) is 15.7. The zero-order valence-electron chi connectivity index (χ0n) is 12.4. The van der Waals surface area contributed by atoms with Crippen LogP contribution in [-0.2, 0) is 19.0 Å². The first-order chi connectivity index (χ1) is 9.66. The van der Waals surface area contributed by atoms with Gasteiger partial charge in [0.05, 0.1) is 19.3 Å². The summed E-state index contributed by atoms with van der Waals surface area (Å²) < 4.78 is 16.3. The van der Waals surface area contributed by atoms with Crippen LogP contribution in [0.25, 0.3) is 0 Å². The summed E-state index contributed by atoms with van der Waals surface area (Å²) in [7, 11) is 0. The van der Waals surface area contributed by atoms with Gasteiger partial charge in [0, 0.05) is 13.2 Å². The fraction of sp³-hybridized carbons (Fsp3) is 0.933. The van der Waals surface area contributed by atoms with Crippen molar-refractivity contribution in [1.29, 1.82) is 0 Å². The third-order valence-electron chi connectivity index (χ3n) is 4.47. The van der Waals surface area contributed by atoms with E-state index in [1.165, 1.54) is 0 Å². The van der Waals surface area contributed by atoms with Crippen LogP contribution in [0.3, 0.4) is 0 Å². The molecule has 0 radical (unpaired) electrons. The van der Waals surface area contributed by atoms with Crippen LogP contribution < -0.4 is 5.73 Å². The lowest BCUT2D eigenvalue weighted by molar-refractivity contribution is -0.151. The van der Waals surface area contributed by atoms with Gasteiger partial charge in [-0.15, -0.1) is 0 Å². The van der Waals surface area contributed by atoms with Gasteiger partial charge in [-0.3, -0.25) is 4.79 Å². The van der Waals surface area contributed by atoms with Gasteiger partial charge >= 0.3 is 5.97 Å². The van der Waals surface area contributed by atoms with E-state index in [0.717, 1.165) is 45.1 Å². The number of carbonyl (C=O) groups excluding carboxylic acids is 1. The van der Waals surface area contributed by atoms with Crippen molar-refractivity contribution in [2.45, 2.75) is 57.1 Å². The van der Waals surface area contributed by atoms with Gasteiger partial charge in [-0.05, 0) is 44.9 Å². The molecule has 5 heteroatoms. The molecule has 1 saturated carbocycles. The zero-order valence-corrected chi connectivity index (χ0v) is 12.4. The predicted molar refractivity (Wildman–Crippen MR) is 75.3 cm³/mol. The van der Waals surface area contributed by atoms with Gasteiger partial charge in [0.2, 0.25) is 0 Å². The second kappa shape index (κ2) is 7.38. The molecule has 20 heavy (non-hydrogen) atoms. The van der Waals surface area contributed by atoms with Gasteiger partial charge in [0.15, 0.2) is 0 Å². The van der Waals surface area contributed by atoms with Crippen molar-refractivity contribution in [2.75, 3.05) is 26.4 Å². The summed E-state index contributed by atoms with van der Waals surface area (Å²) in [5, 5.41) is 0. The molecular weight excluding hydrogens is 258 g/mol. The molecule has 1 saturated heterocycles. The summed E-state index contributed by atoms with van der Waals surface area (Å²) in [6.07, 6.45) is 6.00. The van der Waals surface area contributed by atoms with Crippen LogP contribution in [0.5, 0.6) is 0 Å². The van der Waals surface area contributed by atoms with E-state index in [4.69, 9.17) is 19.9 Å². The Morgan fingerprint density at radius 1 is 1.40 bits per heavy atom. The first-order valence-corrected chi connectivity index (χ1v) is 7.82. The van der Waals surface area contributed by atoms with Crippen LogP contribution in [0.15, 0.2) is 0 Å². The largest absolute Gasteiger partial charge is 0.465 e. The van der Waals surface area contributed by atoms with E-state index in [1.807, 2.05) is 6.92 Å². The van der Waals surface area contributed by atoms with Gasteiger partial charge in [-0.2, -0.15) is 0 Å². The van der Waals surface area contributed by atoms with Crippen molar-refractivity contribution in [3.05, 3.63) is 0 Å².